The van der Waals surface area contributed by atoms with Crippen LogP contribution in [0, 0.1) is 13.8 Å². The molecule has 0 bridgehead atoms. The maximum Gasteiger partial charge on any atom is 0.335 e. The number of carbonyl (C=O) groups is 3. The maximum absolute atomic E-state index is 12.6. The van der Waals surface area contributed by atoms with E-state index in [2.05, 4.69) is 5.32 Å². The molecule has 1 aliphatic rings. The van der Waals surface area contributed by atoms with Crippen molar-refractivity contribution >= 4 is 29.2 Å². The molecule has 6 nitrogen and oxygen atoms in total. The molecule has 0 radical (unpaired) electrons. The van der Waals surface area contributed by atoms with E-state index in [-0.39, 0.29) is 29.5 Å². The van der Waals surface area contributed by atoms with E-state index in [0.717, 1.165) is 21.7 Å². The predicted molar refractivity (Wildman–Crippen MR) is 93.8 cm³/mol. The zero-order chi connectivity index (χ0) is 18.1. The van der Waals surface area contributed by atoms with E-state index in [9.17, 15) is 14.4 Å². The summed E-state index contributed by atoms with van der Waals surface area (Å²) >= 11 is 0. The highest BCUT2D eigenvalue weighted by Gasteiger charge is 2.39. The van der Waals surface area contributed by atoms with Gasteiger partial charge in [-0.15, -0.1) is 0 Å². The minimum atomic E-state index is -1.11. The van der Waals surface area contributed by atoms with Crippen LogP contribution in [-0.2, 0) is 9.59 Å². The molecule has 1 fully saturated rings. The Morgan fingerprint density at radius 3 is 2.56 bits per heavy atom. The standard InChI is InChI=1S/C19H18N2O4/c1-11-6-7-14(8-12(11)2)20-16-10-17(22)21(18(16)23)15-5-3-4-13(9-15)19(24)25/h3-9,16,20H,10H2,1-2H3,(H,24,25)/t16-/m0/s1. The van der Waals surface area contributed by atoms with E-state index >= 15 is 0 Å². The number of benzene rings is 2. The molecule has 1 heterocycles. The van der Waals surface area contributed by atoms with E-state index < -0.39 is 12.0 Å². The molecule has 2 N–H and O–H groups in total. The first-order valence-corrected chi connectivity index (χ1v) is 7.91. The number of amides is 2. The number of carboxylic acids is 1. The van der Waals surface area contributed by atoms with Crippen molar-refractivity contribution in [2.24, 2.45) is 0 Å². The summed E-state index contributed by atoms with van der Waals surface area (Å²) in [6.07, 6.45) is 0.0308. The Morgan fingerprint density at radius 2 is 1.88 bits per heavy atom. The number of nitrogens with zero attached hydrogens (tertiary/aromatic N) is 1. The Morgan fingerprint density at radius 1 is 1.12 bits per heavy atom. The number of aryl methyl sites for hydroxylation is 2. The first-order chi connectivity index (χ1) is 11.9. The van der Waals surface area contributed by atoms with Crippen LogP contribution in [0.3, 0.4) is 0 Å². The molecule has 128 valence electrons. The van der Waals surface area contributed by atoms with Crippen molar-refractivity contribution in [2.45, 2.75) is 26.3 Å². The molecule has 1 atom stereocenters. The molecular weight excluding hydrogens is 320 g/mol. The molecular formula is C19H18N2O4. The summed E-state index contributed by atoms with van der Waals surface area (Å²) in [5.41, 5.74) is 3.32. The van der Waals surface area contributed by atoms with Crippen LogP contribution in [0.15, 0.2) is 42.5 Å². The Balaban J connectivity index is 1.83. The SMILES string of the molecule is Cc1ccc(N[C@H]2CC(=O)N(c3cccc(C(=O)O)c3)C2=O)cc1C. The second-order valence-electron chi connectivity index (χ2n) is 6.12. The molecule has 0 spiro atoms. The van der Waals surface area contributed by atoms with Gasteiger partial charge in [0.1, 0.15) is 6.04 Å². The fourth-order valence-corrected chi connectivity index (χ4v) is 2.83. The van der Waals surface area contributed by atoms with Crippen LogP contribution in [0.4, 0.5) is 11.4 Å². The average molecular weight is 338 g/mol. The second kappa shape index (κ2) is 6.39. The average Bonchev–Trinajstić information content (AvgIpc) is 2.85. The third kappa shape index (κ3) is 3.24. The topological polar surface area (TPSA) is 86.7 Å². The van der Waals surface area contributed by atoms with E-state index in [4.69, 9.17) is 5.11 Å². The van der Waals surface area contributed by atoms with E-state index in [1.54, 1.807) is 6.07 Å². The highest BCUT2D eigenvalue weighted by atomic mass is 16.4. The number of carboxylic acid groups (broad SMARTS) is 1. The number of hydrogen-bond acceptors (Lipinski definition) is 4. The van der Waals surface area contributed by atoms with Gasteiger partial charge in [0.15, 0.2) is 0 Å². The lowest BCUT2D eigenvalue weighted by Crippen LogP contribution is -2.34. The number of carbonyl (C=O) groups excluding carboxylic acids is 2. The third-order valence-electron chi connectivity index (χ3n) is 4.35. The predicted octanol–water partition coefficient (Wildman–Crippen LogP) is 2.75. The van der Waals surface area contributed by atoms with Gasteiger partial charge in [0, 0.05) is 5.69 Å². The minimum absolute atomic E-state index is 0.0308. The van der Waals surface area contributed by atoms with Crippen LogP contribution in [0.5, 0.6) is 0 Å². The number of nitrogens with one attached hydrogen (secondary N) is 1. The molecule has 0 unspecified atom stereocenters. The van der Waals surface area contributed by atoms with Crippen molar-refractivity contribution in [3.63, 3.8) is 0 Å². The van der Waals surface area contributed by atoms with Gasteiger partial charge in [-0.05, 0) is 55.3 Å². The largest absolute Gasteiger partial charge is 0.478 e. The molecule has 0 saturated carbocycles. The highest BCUT2D eigenvalue weighted by Crippen LogP contribution is 2.26. The normalized spacial score (nSPS) is 17.0. The van der Waals surface area contributed by atoms with Gasteiger partial charge in [0.05, 0.1) is 17.7 Å². The summed E-state index contributed by atoms with van der Waals surface area (Å²) in [7, 11) is 0. The maximum atomic E-state index is 12.6. The second-order valence-corrected chi connectivity index (χ2v) is 6.12. The van der Waals surface area contributed by atoms with Gasteiger partial charge < -0.3 is 10.4 Å². The fourth-order valence-electron chi connectivity index (χ4n) is 2.83. The molecule has 6 heteroatoms. The van der Waals surface area contributed by atoms with E-state index in [1.807, 2.05) is 32.0 Å². The number of imide groups is 1. The Bertz CT molecular complexity index is 875. The third-order valence-corrected chi connectivity index (χ3v) is 4.35. The molecule has 1 saturated heterocycles. The molecule has 3 rings (SSSR count). The van der Waals surface area contributed by atoms with Crippen molar-refractivity contribution in [3.8, 4) is 0 Å². The van der Waals surface area contributed by atoms with Crippen molar-refractivity contribution in [1.82, 2.24) is 0 Å². The van der Waals surface area contributed by atoms with E-state index in [0.29, 0.717) is 0 Å². The van der Waals surface area contributed by atoms with Crippen LogP contribution in [0.25, 0.3) is 0 Å². The molecule has 0 aliphatic carbocycles. The van der Waals surface area contributed by atoms with Crippen molar-refractivity contribution in [3.05, 3.63) is 59.2 Å². The lowest BCUT2D eigenvalue weighted by atomic mass is 10.1. The Labute approximate surface area is 145 Å². The van der Waals surface area contributed by atoms with Crippen LogP contribution in [-0.4, -0.2) is 28.9 Å². The molecule has 2 aromatic rings. The lowest BCUT2D eigenvalue weighted by molar-refractivity contribution is -0.121. The lowest BCUT2D eigenvalue weighted by Gasteiger charge is -2.17. The summed E-state index contributed by atoms with van der Waals surface area (Å²) in [6, 6.07) is 10.9. The summed E-state index contributed by atoms with van der Waals surface area (Å²) < 4.78 is 0. The van der Waals surface area contributed by atoms with Gasteiger partial charge in [-0.25, -0.2) is 9.69 Å². The van der Waals surface area contributed by atoms with Gasteiger partial charge >= 0.3 is 5.97 Å². The number of anilines is 2. The van der Waals surface area contributed by atoms with Crippen molar-refractivity contribution < 1.29 is 19.5 Å². The minimum Gasteiger partial charge on any atom is -0.478 e. The zero-order valence-electron chi connectivity index (χ0n) is 13.9. The Kier molecular flexibility index (Phi) is 4.27. The molecule has 2 aromatic carbocycles. The summed E-state index contributed by atoms with van der Waals surface area (Å²) in [6.45, 7) is 3.98. The molecule has 25 heavy (non-hydrogen) atoms. The van der Waals surface area contributed by atoms with Gasteiger partial charge in [-0.2, -0.15) is 0 Å². The monoisotopic (exact) mass is 338 g/mol. The van der Waals surface area contributed by atoms with Crippen LogP contribution in [0.2, 0.25) is 0 Å². The van der Waals surface area contributed by atoms with Gasteiger partial charge in [0.25, 0.3) is 5.91 Å². The van der Waals surface area contributed by atoms with Crippen LogP contribution < -0.4 is 10.2 Å². The smallest absolute Gasteiger partial charge is 0.335 e. The van der Waals surface area contributed by atoms with E-state index in [1.165, 1.54) is 18.2 Å². The van der Waals surface area contributed by atoms with Crippen molar-refractivity contribution in [2.75, 3.05) is 10.2 Å². The first-order valence-electron chi connectivity index (χ1n) is 7.91. The number of aromatic carboxylic acids is 1. The summed E-state index contributed by atoms with van der Waals surface area (Å²) in [5, 5.41) is 12.2. The quantitative estimate of drug-likeness (QED) is 0.837. The molecule has 0 aromatic heterocycles. The van der Waals surface area contributed by atoms with Crippen LogP contribution in [0.1, 0.15) is 27.9 Å². The Hall–Kier alpha value is -3.15. The summed E-state index contributed by atoms with van der Waals surface area (Å²) in [4.78, 5) is 37.1. The molecule has 2 amide bonds. The fraction of sp³-hybridized carbons (Fsp3) is 0.211. The summed E-state index contributed by atoms with van der Waals surface area (Å²) in [5.74, 6) is -1.84. The van der Waals surface area contributed by atoms with Crippen LogP contribution >= 0.6 is 0 Å². The number of rotatable bonds is 4. The van der Waals surface area contributed by atoms with Crippen molar-refractivity contribution in [1.29, 1.82) is 0 Å². The number of hydrogen-bond donors (Lipinski definition) is 2. The zero-order valence-corrected chi connectivity index (χ0v) is 13.9. The molecule has 1 aliphatic heterocycles. The highest BCUT2D eigenvalue weighted by molar-refractivity contribution is 6.23. The van der Waals surface area contributed by atoms with Gasteiger partial charge in [0.2, 0.25) is 5.91 Å². The van der Waals surface area contributed by atoms with Gasteiger partial charge in [-0.3, -0.25) is 9.59 Å². The van der Waals surface area contributed by atoms with Gasteiger partial charge in [-0.1, -0.05) is 12.1 Å². The first kappa shape index (κ1) is 16.7.